The van der Waals surface area contributed by atoms with Crippen molar-refractivity contribution in [1.29, 1.82) is 0 Å². The second-order valence-electron chi connectivity index (χ2n) is 0.393. The molecule has 0 unspecified atom stereocenters. The molecule has 0 aromatic rings. The van der Waals surface area contributed by atoms with Crippen molar-refractivity contribution in [1.82, 2.24) is 0 Å². The van der Waals surface area contributed by atoms with Gasteiger partial charge in [-0.25, -0.2) is 0 Å². The first kappa shape index (κ1) is 29.3. The summed E-state index contributed by atoms with van der Waals surface area (Å²) < 4.78 is 30.0. The van der Waals surface area contributed by atoms with Crippen LogP contribution in [0.4, 0.5) is 0 Å². The molecule has 0 rings (SSSR count). The van der Waals surface area contributed by atoms with Crippen molar-refractivity contribution in [2.75, 3.05) is 0 Å². The van der Waals surface area contributed by atoms with Gasteiger partial charge >= 0.3 is 85.8 Å². The Kier molecular flexibility index (Phi) is 204. The quantitative estimate of drug-likeness (QED) is 0.191. The molecule has 0 heterocycles. The van der Waals surface area contributed by atoms with Gasteiger partial charge in [-0.1, -0.05) is 0 Å². The first-order chi connectivity index (χ1) is 6.77. The summed E-state index contributed by atoms with van der Waals surface area (Å²) in [6, 6.07) is 0. The van der Waals surface area contributed by atoms with Crippen LogP contribution < -0.4 is 5.11 Å². The normalized spacial score (nSPS) is 3.50. The topological polar surface area (TPSA) is 141 Å². The summed E-state index contributed by atoms with van der Waals surface area (Å²) in [6.07, 6.45) is 0. The molecule has 0 aliphatic rings. The molecule has 14 heavy (non-hydrogen) atoms. The van der Waals surface area contributed by atoms with Crippen molar-refractivity contribution in [3.63, 3.8) is 0 Å². The molecule has 0 saturated heterocycles. The maximum atomic E-state index is 9.42. The van der Waals surface area contributed by atoms with E-state index in [4.69, 9.17) is 23.5 Å². The van der Waals surface area contributed by atoms with Crippen molar-refractivity contribution in [2.45, 2.75) is 0 Å². The van der Waals surface area contributed by atoms with Gasteiger partial charge < -0.3 is 0 Å². The molecule has 0 saturated carbocycles. The van der Waals surface area contributed by atoms with E-state index in [-0.39, 0.29) is 0 Å². The maximum absolute atomic E-state index is 9.42. The molecule has 0 radical (unpaired) electrons. The van der Waals surface area contributed by atoms with Crippen LogP contribution in [0.25, 0.3) is 0 Å². The van der Waals surface area contributed by atoms with Gasteiger partial charge in [0.15, 0.2) is 0 Å². The van der Waals surface area contributed by atoms with Gasteiger partial charge in [0.25, 0.3) is 0 Å². The van der Waals surface area contributed by atoms with Crippen LogP contribution in [-0.2, 0) is 39.0 Å². The third kappa shape index (κ3) is 345. The third-order valence-electron chi connectivity index (χ3n) is 0.107. The molecule has 75 valence electrons. The summed E-state index contributed by atoms with van der Waals surface area (Å²) in [4.78, 5) is 11.3. The molecule has 0 fully saturated rings. The van der Waals surface area contributed by atoms with Crippen LogP contribution in [0.2, 0.25) is 0 Å². The van der Waals surface area contributed by atoms with Gasteiger partial charge in [0.05, 0.1) is 0 Å². The Hall–Kier alpha value is -1.29. The molecule has 0 aromatic carbocycles. The van der Waals surface area contributed by atoms with Gasteiger partial charge in [-0.2, -0.15) is 0 Å². The molecule has 0 N–H and O–H groups in total. The average molecular weight is 242 g/mol. The minimum absolute atomic E-state index is 0.940. The van der Waals surface area contributed by atoms with E-state index in [1.165, 1.54) is 0 Å². The van der Waals surface area contributed by atoms with Crippen LogP contribution in [0.3, 0.4) is 0 Å². The Morgan fingerprint density at radius 2 is 1.29 bits per heavy atom. The number of rotatable bonds is 2. The predicted molar refractivity (Wildman–Crippen MR) is 27.6 cm³/mol. The van der Waals surface area contributed by atoms with Crippen molar-refractivity contribution >= 4 is 4.79 Å². The Labute approximate surface area is 86.4 Å². The van der Waals surface area contributed by atoms with Crippen molar-refractivity contribution < 1.29 is 44.1 Å². The van der Waals surface area contributed by atoms with Gasteiger partial charge in [0, 0.05) is 0 Å². The zero-order chi connectivity index (χ0) is 13.0. The Morgan fingerprint density at radius 1 is 1.07 bits per heavy atom. The molecule has 0 atom stereocenters. The first-order valence-electron chi connectivity index (χ1n) is 1.77. The summed E-state index contributed by atoms with van der Waals surface area (Å²) in [6.45, 7) is 18.0. The standard InChI is InChI=1S/CNO3.4CO.Fe/c3-1-5-2-4;4*1-2;/q-1;;;;;+1. The van der Waals surface area contributed by atoms with Gasteiger partial charge in [-0.3, -0.25) is 0 Å². The molecule has 9 heteroatoms. The second kappa shape index (κ2) is 97.6. The summed E-state index contributed by atoms with van der Waals surface area (Å²) in [5.74, 6) is 0. The molecule has 0 bridgehead atoms. The number of hydrogen-bond donors (Lipinski definition) is 0. The van der Waals surface area contributed by atoms with Crippen LogP contribution in [0, 0.1) is 31.5 Å². The SMILES string of the molecule is O=NO[C]([O-])=[Fe+].[C-]#[O+].[C-]#[O+].[C-]#[O+].[C-]#[O+]. The van der Waals surface area contributed by atoms with Crippen LogP contribution in [0.1, 0.15) is 0 Å². The van der Waals surface area contributed by atoms with Gasteiger partial charge in [-0.05, 0) is 0 Å². The monoisotopic (exact) mass is 242 g/mol. The van der Waals surface area contributed by atoms with Gasteiger partial charge in [0.1, 0.15) is 0 Å². The van der Waals surface area contributed by atoms with E-state index in [0.717, 1.165) is 0 Å². The molecule has 0 aliphatic carbocycles. The molecule has 0 aliphatic heterocycles. The van der Waals surface area contributed by atoms with Gasteiger partial charge in [0.2, 0.25) is 0 Å². The first-order valence-corrected chi connectivity index (χ1v) is 2.32. The zero-order valence-corrected chi connectivity index (χ0v) is 7.26. The summed E-state index contributed by atoms with van der Waals surface area (Å²) >= 11 is 2.67. The summed E-state index contributed by atoms with van der Waals surface area (Å²) in [5.41, 5.74) is 0. The summed E-state index contributed by atoms with van der Waals surface area (Å²) in [5, 5.41) is 11.2. The molecule has 0 aromatic heterocycles. The second-order valence-corrected chi connectivity index (χ2v) is 0.844. The fourth-order valence-corrected chi connectivity index (χ4v) is 0.0695. The van der Waals surface area contributed by atoms with Crippen molar-refractivity contribution in [3.05, 3.63) is 31.5 Å². The fourth-order valence-electron chi connectivity index (χ4n) is 0.0284. The van der Waals surface area contributed by atoms with Gasteiger partial charge in [-0.15, -0.1) is 0 Å². The van der Waals surface area contributed by atoms with E-state index < -0.39 is 4.79 Å². The summed E-state index contributed by atoms with van der Waals surface area (Å²) in [7, 11) is 0. The molecule has 8 nitrogen and oxygen atoms in total. The minimum atomic E-state index is -0.940. The Bertz CT molecular complexity index is 169. The number of nitrogens with zero attached hydrogens (tertiary/aromatic N) is 1. The Balaban J connectivity index is -0.0000000287. The van der Waals surface area contributed by atoms with Crippen LogP contribution in [0.15, 0.2) is 5.34 Å². The molecular formula is C5FeNO7. The van der Waals surface area contributed by atoms with E-state index in [2.05, 4.69) is 47.0 Å². The van der Waals surface area contributed by atoms with E-state index in [0.29, 0.717) is 0 Å². The third-order valence-corrected chi connectivity index (χ3v) is 0.208. The van der Waals surface area contributed by atoms with E-state index in [9.17, 15) is 5.11 Å². The van der Waals surface area contributed by atoms with Crippen LogP contribution in [-0.4, -0.2) is 4.79 Å². The predicted octanol–water partition coefficient (Wildman–Crippen LogP) is -1.47. The number of hydrogen-bond acceptors (Lipinski definition) is 4. The molecule has 0 amide bonds. The fraction of sp³-hybridized carbons (Fsp3) is 0. The van der Waals surface area contributed by atoms with Crippen molar-refractivity contribution in [3.8, 4) is 0 Å². The van der Waals surface area contributed by atoms with E-state index in [1.807, 2.05) is 0 Å². The molecule has 0 spiro atoms. The van der Waals surface area contributed by atoms with E-state index in [1.54, 1.807) is 5.34 Å². The zero-order valence-electron chi connectivity index (χ0n) is 6.16. The average Bonchev–Trinajstić information content (AvgIpc) is 2.29. The molecular weight excluding hydrogens is 242 g/mol. The Morgan fingerprint density at radius 3 is 1.29 bits per heavy atom. The van der Waals surface area contributed by atoms with Crippen molar-refractivity contribution in [2.24, 2.45) is 5.34 Å². The van der Waals surface area contributed by atoms with Crippen LogP contribution >= 0.6 is 0 Å². The van der Waals surface area contributed by atoms with E-state index >= 15 is 0 Å². The van der Waals surface area contributed by atoms with Crippen LogP contribution in [0.5, 0.6) is 0 Å².